The maximum Gasteiger partial charge on any atom is 0.223 e. The Morgan fingerprint density at radius 2 is 1.81 bits per heavy atom. The van der Waals surface area contributed by atoms with Gasteiger partial charge in [0.1, 0.15) is 0 Å². The second-order valence-electron chi connectivity index (χ2n) is 6.82. The van der Waals surface area contributed by atoms with Gasteiger partial charge in [-0.05, 0) is 37.8 Å². The fraction of sp³-hybridized carbons (Fsp3) is 0.619. The van der Waals surface area contributed by atoms with E-state index in [9.17, 15) is 9.59 Å². The summed E-state index contributed by atoms with van der Waals surface area (Å²) in [6.45, 7) is 9.93. The Bertz CT molecular complexity index is 581. The van der Waals surface area contributed by atoms with Crippen molar-refractivity contribution < 1.29 is 9.59 Å². The predicted molar refractivity (Wildman–Crippen MR) is 105 cm³/mol. The van der Waals surface area contributed by atoms with Crippen LogP contribution in [0.1, 0.15) is 57.2 Å². The lowest BCUT2D eigenvalue weighted by Gasteiger charge is -2.37. The minimum absolute atomic E-state index is 0.0839. The molecule has 0 aliphatic carbocycles. The maximum atomic E-state index is 12.8. The zero-order valence-electron chi connectivity index (χ0n) is 16.5. The highest BCUT2D eigenvalue weighted by molar-refractivity contribution is 5.79. The average Bonchev–Trinajstić information content (AvgIpc) is 2.69. The summed E-state index contributed by atoms with van der Waals surface area (Å²) in [6.07, 6.45) is 2.54. The van der Waals surface area contributed by atoms with E-state index in [-0.39, 0.29) is 17.9 Å². The van der Waals surface area contributed by atoms with Gasteiger partial charge in [0.15, 0.2) is 0 Å². The van der Waals surface area contributed by atoms with Crippen LogP contribution in [0.25, 0.3) is 0 Å². The first-order valence-electron chi connectivity index (χ1n) is 9.97. The van der Waals surface area contributed by atoms with Crippen LogP contribution in [0.5, 0.6) is 0 Å². The van der Waals surface area contributed by atoms with Crippen molar-refractivity contribution in [1.82, 2.24) is 15.1 Å². The van der Waals surface area contributed by atoms with E-state index < -0.39 is 0 Å². The second kappa shape index (κ2) is 10.3. The van der Waals surface area contributed by atoms with Crippen molar-refractivity contribution in [1.29, 1.82) is 0 Å². The number of carbonyl (C=O) groups is 2. The summed E-state index contributed by atoms with van der Waals surface area (Å²) >= 11 is 0. The lowest BCUT2D eigenvalue weighted by atomic mass is 10.00. The Morgan fingerprint density at radius 1 is 1.12 bits per heavy atom. The average molecular weight is 360 g/mol. The highest BCUT2D eigenvalue weighted by Gasteiger charge is 2.27. The third-order valence-corrected chi connectivity index (χ3v) is 5.23. The minimum atomic E-state index is 0.0839. The highest BCUT2D eigenvalue weighted by Crippen LogP contribution is 2.24. The Kier molecular flexibility index (Phi) is 8.10. The molecule has 2 amide bonds. The molecule has 1 aromatic rings. The number of hydrogen-bond donors (Lipinski definition) is 1. The monoisotopic (exact) mass is 359 g/mol. The van der Waals surface area contributed by atoms with Crippen molar-refractivity contribution in [3.05, 3.63) is 35.4 Å². The van der Waals surface area contributed by atoms with Crippen molar-refractivity contribution >= 4 is 11.8 Å². The fourth-order valence-electron chi connectivity index (χ4n) is 3.54. The van der Waals surface area contributed by atoms with E-state index in [1.54, 1.807) is 0 Å². The molecule has 0 bridgehead atoms. The zero-order chi connectivity index (χ0) is 18.9. The maximum absolute atomic E-state index is 12.8. The van der Waals surface area contributed by atoms with Crippen LogP contribution in [-0.2, 0) is 16.0 Å². The molecule has 1 aromatic carbocycles. The standard InChI is InChI=1S/C21H33N3O2/c1-4-17-10-12-18(13-11-17)19-16-22-14-15-24(19)21(26)9-7-8-20(25)23(5-2)6-3/h10-13,19,22H,4-9,14-16H2,1-3H3. The number of amides is 2. The highest BCUT2D eigenvalue weighted by atomic mass is 16.2. The van der Waals surface area contributed by atoms with E-state index in [4.69, 9.17) is 0 Å². The molecule has 144 valence electrons. The van der Waals surface area contributed by atoms with Crippen molar-refractivity contribution in [3.8, 4) is 0 Å². The summed E-state index contributed by atoms with van der Waals surface area (Å²) in [5.41, 5.74) is 2.49. The number of hydrogen-bond acceptors (Lipinski definition) is 3. The van der Waals surface area contributed by atoms with E-state index in [2.05, 4.69) is 36.5 Å². The molecule has 0 saturated carbocycles. The predicted octanol–water partition coefficient (Wildman–Crippen LogP) is 2.76. The molecule has 1 saturated heterocycles. The van der Waals surface area contributed by atoms with E-state index >= 15 is 0 Å². The van der Waals surface area contributed by atoms with Crippen LogP contribution in [0, 0.1) is 0 Å². The molecule has 1 atom stereocenters. The van der Waals surface area contributed by atoms with Gasteiger partial charge in [-0.15, -0.1) is 0 Å². The van der Waals surface area contributed by atoms with Crippen LogP contribution in [0.15, 0.2) is 24.3 Å². The lowest BCUT2D eigenvalue weighted by molar-refractivity contribution is -0.135. The quantitative estimate of drug-likeness (QED) is 0.776. The van der Waals surface area contributed by atoms with Crippen LogP contribution in [0.2, 0.25) is 0 Å². The topological polar surface area (TPSA) is 52.7 Å². The van der Waals surface area contributed by atoms with Crippen LogP contribution < -0.4 is 5.32 Å². The Balaban J connectivity index is 1.93. The molecule has 5 nitrogen and oxygen atoms in total. The molecule has 1 heterocycles. The third-order valence-electron chi connectivity index (χ3n) is 5.23. The Hall–Kier alpha value is -1.88. The molecule has 0 spiro atoms. The largest absolute Gasteiger partial charge is 0.343 e. The van der Waals surface area contributed by atoms with Gasteiger partial charge in [0.2, 0.25) is 11.8 Å². The van der Waals surface area contributed by atoms with Crippen molar-refractivity contribution in [2.45, 2.75) is 52.5 Å². The van der Waals surface area contributed by atoms with Gasteiger partial charge in [-0.25, -0.2) is 0 Å². The molecule has 0 radical (unpaired) electrons. The van der Waals surface area contributed by atoms with Gasteiger partial charge in [0.25, 0.3) is 0 Å². The van der Waals surface area contributed by atoms with Gasteiger partial charge in [0.05, 0.1) is 6.04 Å². The SMILES string of the molecule is CCc1ccc(C2CNCCN2C(=O)CCCC(=O)N(CC)CC)cc1. The van der Waals surface area contributed by atoms with Gasteiger partial charge in [-0.2, -0.15) is 0 Å². The molecule has 1 N–H and O–H groups in total. The van der Waals surface area contributed by atoms with Gasteiger partial charge >= 0.3 is 0 Å². The summed E-state index contributed by atoms with van der Waals surface area (Å²) in [4.78, 5) is 28.7. The number of piperazine rings is 1. The zero-order valence-corrected chi connectivity index (χ0v) is 16.5. The normalized spacial score (nSPS) is 17.2. The molecule has 0 aromatic heterocycles. The van der Waals surface area contributed by atoms with Gasteiger partial charge in [-0.1, -0.05) is 31.2 Å². The molecule has 5 heteroatoms. The molecule has 26 heavy (non-hydrogen) atoms. The van der Waals surface area contributed by atoms with Crippen molar-refractivity contribution in [3.63, 3.8) is 0 Å². The summed E-state index contributed by atoms with van der Waals surface area (Å²) in [7, 11) is 0. The number of carbonyl (C=O) groups excluding carboxylic acids is 2. The van der Waals surface area contributed by atoms with Crippen molar-refractivity contribution in [2.24, 2.45) is 0 Å². The van der Waals surface area contributed by atoms with Gasteiger partial charge in [-0.3, -0.25) is 9.59 Å². The molecule has 1 aliphatic rings. The van der Waals surface area contributed by atoms with Crippen LogP contribution in [0.3, 0.4) is 0 Å². The first-order valence-corrected chi connectivity index (χ1v) is 9.97. The fourth-order valence-corrected chi connectivity index (χ4v) is 3.54. The Morgan fingerprint density at radius 3 is 2.42 bits per heavy atom. The Labute approximate surface area is 157 Å². The molecule has 1 unspecified atom stereocenters. The molecule has 2 rings (SSSR count). The molecular formula is C21H33N3O2. The van der Waals surface area contributed by atoms with E-state index in [0.717, 1.165) is 39.1 Å². The van der Waals surface area contributed by atoms with Crippen LogP contribution in [0.4, 0.5) is 0 Å². The first kappa shape index (κ1) is 20.4. The van der Waals surface area contributed by atoms with E-state index in [1.165, 1.54) is 11.1 Å². The number of aryl methyl sites for hydroxylation is 1. The summed E-state index contributed by atoms with van der Waals surface area (Å²) < 4.78 is 0. The van der Waals surface area contributed by atoms with E-state index in [0.29, 0.717) is 19.3 Å². The number of rotatable bonds is 8. The lowest BCUT2D eigenvalue weighted by Crippen LogP contribution is -2.48. The minimum Gasteiger partial charge on any atom is -0.343 e. The second-order valence-corrected chi connectivity index (χ2v) is 6.82. The third kappa shape index (κ3) is 5.31. The summed E-state index contributed by atoms with van der Waals surface area (Å²) in [5.74, 6) is 0.304. The smallest absolute Gasteiger partial charge is 0.223 e. The van der Waals surface area contributed by atoms with Gasteiger partial charge in [0, 0.05) is 45.6 Å². The van der Waals surface area contributed by atoms with Crippen molar-refractivity contribution in [2.75, 3.05) is 32.7 Å². The summed E-state index contributed by atoms with van der Waals surface area (Å²) in [6, 6.07) is 8.66. The van der Waals surface area contributed by atoms with Gasteiger partial charge < -0.3 is 15.1 Å². The number of nitrogens with one attached hydrogen (secondary N) is 1. The van der Waals surface area contributed by atoms with Crippen LogP contribution in [-0.4, -0.2) is 54.3 Å². The molecule has 1 aliphatic heterocycles. The van der Waals surface area contributed by atoms with Crippen LogP contribution >= 0.6 is 0 Å². The van der Waals surface area contributed by atoms with E-state index in [1.807, 2.05) is 23.6 Å². The first-order chi connectivity index (χ1) is 12.6. The number of benzene rings is 1. The summed E-state index contributed by atoms with van der Waals surface area (Å²) in [5, 5.41) is 3.40. The number of nitrogens with zero attached hydrogens (tertiary/aromatic N) is 2. The molecule has 1 fully saturated rings. The molecular weight excluding hydrogens is 326 g/mol.